The summed E-state index contributed by atoms with van der Waals surface area (Å²) in [5.41, 5.74) is 5.25. The summed E-state index contributed by atoms with van der Waals surface area (Å²) in [6.07, 6.45) is 3.36. The number of hydrogen-bond donors (Lipinski definition) is 0. The number of fused-ring (bicyclic) bond motifs is 2. The average molecular weight is 406 g/mol. The van der Waals surface area contributed by atoms with Crippen molar-refractivity contribution in [1.29, 1.82) is 0 Å². The van der Waals surface area contributed by atoms with Crippen LogP contribution in [0.25, 0.3) is 28.0 Å². The molecule has 0 spiro atoms. The lowest BCUT2D eigenvalue weighted by Crippen LogP contribution is -2.17. The molecule has 5 rings (SSSR count). The molecule has 1 aliphatic heterocycles. The highest BCUT2D eigenvalue weighted by molar-refractivity contribution is 5.89. The van der Waals surface area contributed by atoms with Gasteiger partial charge < -0.3 is 9.47 Å². The SMILES string of the molecule is CCOC(=O)c1cnc2ccc(-c3c(-c4ccc(F)cc4)nn4c3COCC4)cn12. The highest BCUT2D eigenvalue weighted by Gasteiger charge is 2.24. The first-order valence-corrected chi connectivity index (χ1v) is 9.73. The first-order valence-electron chi connectivity index (χ1n) is 9.73. The minimum atomic E-state index is -0.429. The van der Waals surface area contributed by atoms with Crippen LogP contribution in [0, 0.1) is 5.82 Å². The summed E-state index contributed by atoms with van der Waals surface area (Å²) in [5.74, 6) is -0.729. The lowest BCUT2D eigenvalue weighted by Gasteiger charge is -2.15. The maximum atomic E-state index is 13.5. The predicted octanol–water partition coefficient (Wildman–Crippen LogP) is 3.71. The number of benzene rings is 1. The van der Waals surface area contributed by atoms with E-state index in [1.807, 2.05) is 23.0 Å². The molecule has 0 aliphatic carbocycles. The Hall–Kier alpha value is -3.52. The van der Waals surface area contributed by atoms with Crippen molar-refractivity contribution in [3.63, 3.8) is 0 Å². The number of halogens is 1. The van der Waals surface area contributed by atoms with Crippen molar-refractivity contribution in [2.45, 2.75) is 20.1 Å². The van der Waals surface area contributed by atoms with Crippen LogP contribution in [-0.2, 0) is 22.6 Å². The van der Waals surface area contributed by atoms with Gasteiger partial charge in [-0.1, -0.05) is 0 Å². The minimum absolute atomic E-state index is 0.286. The summed E-state index contributed by atoms with van der Waals surface area (Å²) in [6.45, 7) is 3.71. The van der Waals surface area contributed by atoms with Gasteiger partial charge in [0.2, 0.25) is 0 Å². The van der Waals surface area contributed by atoms with Crippen LogP contribution in [0.4, 0.5) is 4.39 Å². The van der Waals surface area contributed by atoms with E-state index in [1.54, 1.807) is 23.5 Å². The van der Waals surface area contributed by atoms with Crippen molar-refractivity contribution in [1.82, 2.24) is 19.2 Å². The number of aromatic nitrogens is 4. The van der Waals surface area contributed by atoms with E-state index in [9.17, 15) is 9.18 Å². The van der Waals surface area contributed by atoms with E-state index in [-0.39, 0.29) is 12.4 Å². The summed E-state index contributed by atoms with van der Waals surface area (Å²) in [6, 6.07) is 10.1. The monoisotopic (exact) mass is 406 g/mol. The van der Waals surface area contributed by atoms with Crippen LogP contribution in [0.3, 0.4) is 0 Å². The van der Waals surface area contributed by atoms with Crippen LogP contribution in [0.15, 0.2) is 48.8 Å². The van der Waals surface area contributed by atoms with E-state index in [0.29, 0.717) is 31.1 Å². The smallest absolute Gasteiger partial charge is 0.356 e. The summed E-state index contributed by atoms with van der Waals surface area (Å²) in [5, 5.41) is 4.78. The highest BCUT2D eigenvalue weighted by Crippen LogP contribution is 2.36. The van der Waals surface area contributed by atoms with Gasteiger partial charge in [0.15, 0.2) is 5.69 Å². The summed E-state index contributed by atoms with van der Waals surface area (Å²) in [7, 11) is 0. The third-order valence-electron chi connectivity index (χ3n) is 5.14. The number of imidazole rings is 1. The Morgan fingerprint density at radius 1 is 1.20 bits per heavy atom. The molecule has 0 atom stereocenters. The van der Waals surface area contributed by atoms with Crippen LogP contribution >= 0.6 is 0 Å². The molecule has 0 amide bonds. The predicted molar refractivity (Wildman–Crippen MR) is 107 cm³/mol. The van der Waals surface area contributed by atoms with Gasteiger partial charge in [-0.3, -0.25) is 9.08 Å². The fourth-order valence-corrected chi connectivity index (χ4v) is 3.75. The van der Waals surface area contributed by atoms with E-state index in [0.717, 1.165) is 28.1 Å². The molecule has 7 nitrogen and oxygen atoms in total. The number of ether oxygens (including phenoxy) is 2. The molecule has 0 bridgehead atoms. The van der Waals surface area contributed by atoms with Crippen LogP contribution in [0.5, 0.6) is 0 Å². The third-order valence-corrected chi connectivity index (χ3v) is 5.14. The minimum Gasteiger partial charge on any atom is -0.461 e. The second-order valence-corrected chi connectivity index (χ2v) is 6.96. The largest absolute Gasteiger partial charge is 0.461 e. The van der Waals surface area contributed by atoms with Gasteiger partial charge in [-0.2, -0.15) is 5.10 Å². The molecule has 1 aliphatic rings. The van der Waals surface area contributed by atoms with Crippen LogP contribution in [0.2, 0.25) is 0 Å². The number of carbonyl (C=O) groups excluding carboxylic acids is 1. The zero-order valence-electron chi connectivity index (χ0n) is 16.3. The first-order chi connectivity index (χ1) is 14.7. The van der Waals surface area contributed by atoms with Gasteiger partial charge in [-0.05, 0) is 43.3 Å². The normalized spacial score (nSPS) is 13.4. The molecule has 0 fully saturated rings. The van der Waals surface area contributed by atoms with Crippen LogP contribution in [-0.4, -0.2) is 38.3 Å². The molecule has 4 heterocycles. The van der Waals surface area contributed by atoms with Crippen LogP contribution in [0.1, 0.15) is 23.1 Å². The molecule has 4 aromatic rings. The second-order valence-electron chi connectivity index (χ2n) is 6.96. The van der Waals surface area contributed by atoms with Crippen molar-refractivity contribution < 1.29 is 18.7 Å². The van der Waals surface area contributed by atoms with Crippen molar-refractivity contribution in [3.05, 3.63) is 66.0 Å². The van der Waals surface area contributed by atoms with Gasteiger partial charge in [-0.25, -0.2) is 14.2 Å². The lowest BCUT2D eigenvalue weighted by atomic mass is 10.00. The Balaban J connectivity index is 1.70. The molecule has 0 N–H and O–H groups in total. The van der Waals surface area contributed by atoms with E-state index in [4.69, 9.17) is 14.6 Å². The number of esters is 1. The zero-order valence-corrected chi connectivity index (χ0v) is 16.3. The van der Waals surface area contributed by atoms with E-state index in [2.05, 4.69) is 4.98 Å². The number of rotatable bonds is 4. The van der Waals surface area contributed by atoms with Gasteiger partial charge in [0.05, 0.1) is 38.3 Å². The quantitative estimate of drug-likeness (QED) is 0.483. The molecule has 3 aromatic heterocycles. The summed E-state index contributed by atoms with van der Waals surface area (Å²) < 4.78 is 28.0. The fraction of sp³-hybridized carbons (Fsp3) is 0.227. The first kappa shape index (κ1) is 18.5. The number of hydrogen-bond acceptors (Lipinski definition) is 5. The number of pyridine rings is 1. The second kappa shape index (κ2) is 7.38. The van der Waals surface area contributed by atoms with Crippen LogP contribution < -0.4 is 0 Å². The molecule has 0 saturated carbocycles. The molecule has 0 saturated heterocycles. The van der Waals surface area contributed by atoms with Crippen molar-refractivity contribution in [2.24, 2.45) is 0 Å². The maximum Gasteiger partial charge on any atom is 0.356 e. The zero-order chi connectivity index (χ0) is 20.7. The van der Waals surface area contributed by atoms with Crippen molar-refractivity contribution >= 4 is 11.6 Å². The van der Waals surface area contributed by atoms with Crippen molar-refractivity contribution in [2.75, 3.05) is 13.2 Å². The molecule has 0 unspecified atom stereocenters. The van der Waals surface area contributed by atoms with Gasteiger partial charge in [0, 0.05) is 22.9 Å². The van der Waals surface area contributed by atoms with Gasteiger partial charge >= 0.3 is 5.97 Å². The molecule has 30 heavy (non-hydrogen) atoms. The summed E-state index contributed by atoms with van der Waals surface area (Å²) >= 11 is 0. The molecular formula is C22H19FN4O3. The van der Waals surface area contributed by atoms with Crippen molar-refractivity contribution in [3.8, 4) is 22.4 Å². The highest BCUT2D eigenvalue weighted by atomic mass is 19.1. The third kappa shape index (κ3) is 3.05. The standard InChI is InChI=1S/C22H19FN4O3/c1-2-30-22(28)17-11-24-19-8-5-15(12-26(17)19)20-18-13-29-10-9-27(18)25-21(20)14-3-6-16(23)7-4-14/h3-8,11-12H,2,9-10,13H2,1H3. The molecule has 1 aromatic carbocycles. The Labute approximate surface area is 171 Å². The van der Waals surface area contributed by atoms with Gasteiger partial charge in [-0.15, -0.1) is 0 Å². The Morgan fingerprint density at radius 3 is 2.80 bits per heavy atom. The van der Waals surface area contributed by atoms with E-state index >= 15 is 0 Å². The lowest BCUT2D eigenvalue weighted by molar-refractivity contribution is 0.0518. The van der Waals surface area contributed by atoms with Gasteiger partial charge in [0.1, 0.15) is 17.2 Å². The van der Waals surface area contributed by atoms with Gasteiger partial charge in [0.25, 0.3) is 0 Å². The molecule has 8 heteroatoms. The Bertz CT molecular complexity index is 1240. The molecule has 0 radical (unpaired) electrons. The Kier molecular flexibility index (Phi) is 4.55. The molecular weight excluding hydrogens is 387 g/mol. The number of carbonyl (C=O) groups is 1. The fourth-order valence-electron chi connectivity index (χ4n) is 3.75. The Morgan fingerprint density at radius 2 is 2.00 bits per heavy atom. The summed E-state index contributed by atoms with van der Waals surface area (Å²) in [4.78, 5) is 16.6. The number of nitrogens with zero attached hydrogens (tertiary/aromatic N) is 4. The topological polar surface area (TPSA) is 70.6 Å². The average Bonchev–Trinajstić information content (AvgIpc) is 3.35. The molecule has 152 valence electrons. The van der Waals surface area contributed by atoms with E-state index < -0.39 is 5.97 Å². The van der Waals surface area contributed by atoms with E-state index in [1.165, 1.54) is 18.3 Å². The maximum absolute atomic E-state index is 13.5.